The maximum Gasteiger partial charge on any atom is 0.123 e. The molecule has 2 rings (SSSR count). The topological polar surface area (TPSA) is 17.1 Å². The minimum absolute atomic E-state index is 0.586. The number of allylic oxidation sites excluding steroid dienone is 4. The second-order valence-electron chi connectivity index (χ2n) is 4.10. The van der Waals surface area contributed by atoms with Crippen LogP contribution in [0.25, 0.3) is 0 Å². The molecule has 1 aromatic rings. The lowest BCUT2D eigenvalue weighted by Gasteiger charge is -2.16. The highest BCUT2D eigenvalue weighted by Crippen LogP contribution is 2.48. The first-order valence-corrected chi connectivity index (χ1v) is 7.73. The SMILES string of the molecule is CC1=C(Cl)C=CCP(=O)(c2ccccc2)C1. The van der Waals surface area contributed by atoms with Crippen molar-refractivity contribution in [2.75, 3.05) is 12.3 Å². The van der Waals surface area contributed by atoms with E-state index in [4.69, 9.17) is 11.6 Å². The van der Waals surface area contributed by atoms with Gasteiger partial charge < -0.3 is 4.57 Å². The van der Waals surface area contributed by atoms with E-state index in [0.717, 1.165) is 15.9 Å². The molecule has 84 valence electrons. The zero-order valence-corrected chi connectivity index (χ0v) is 10.8. The summed E-state index contributed by atoms with van der Waals surface area (Å²) < 4.78 is 12.9. The van der Waals surface area contributed by atoms with Gasteiger partial charge in [-0.25, -0.2) is 0 Å². The summed E-state index contributed by atoms with van der Waals surface area (Å²) in [7, 11) is -2.33. The molecule has 0 aliphatic carbocycles. The van der Waals surface area contributed by atoms with Gasteiger partial charge in [0.05, 0.1) is 0 Å². The molecule has 0 N–H and O–H groups in total. The van der Waals surface area contributed by atoms with Gasteiger partial charge in [-0.2, -0.15) is 0 Å². The first kappa shape index (κ1) is 11.7. The molecule has 1 nitrogen and oxygen atoms in total. The van der Waals surface area contributed by atoms with E-state index in [-0.39, 0.29) is 0 Å². The maximum atomic E-state index is 12.9. The van der Waals surface area contributed by atoms with E-state index in [0.29, 0.717) is 12.3 Å². The largest absolute Gasteiger partial charge is 0.318 e. The highest BCUT2D eigenvalue weighted by Gasteiger charge is 2.25. The Morgan fingerprint density at radius 2 is 1.94 bits per heavy atom. The monoisotopic (exact) mass is 252 g/mol. The number of benzene rings is 1. The third kappa shape index (κ3) is 2.31. The average molecular weight is 253 g/mol. The van der Waals surface area contributed by atoms with Gasteiger partial charge in [0.2, 0.25) is 0 Å². The molecule has 1 aliphatic heterocycles. The molecule has 0 fully saturated rings. The van der Waals surface area contributed by atoms with Crippen LogP contribution in [0.1, 0.15) is 6.92 Å². The van der Waals surface area contributed by atoms with Gasteiger partial charge in [-0.3, -0.25) is 0 Å². The van der Waals surface area contributed by atoms with Crippen molar-refractivity contribution >= 4 is 24.0 Å². The second-order valence-corrected chi connectivity index (χ2v) is 7.48. The van der Waals surface area contributed by atoms with Gasteiger partial charge >= 0.3 is 0 Å². The Balaban J connectivity index is 2.42. The lowest BCUT2D eigenvalue weighted by atomic mass is 10.3. The van der Waals surface area contributed by atoms with Crippen LogP contribution in [0.5, 0.6) is 0 Å². The highest BCUT2D eigenvalue weighted by molar-refractivity contribution is 7.72. The van der Waals surface area contributed by atoms with Crippen LogP contribution in [0.2, 0.25) is 0 Å². The third-order valence-electron chi connectivity index (χ3n) is 2.79. The molecule has 0 radical (unpaired) electrons. The Bertz CT molecular complexity index is 488. The van der Waals surface area contributed by atoms with Crippen LogP contribution in [-0.2, 0) is 4.57 Å². The average Bonchev–Trinajstić information content (AvgIpc) is 2.41. The molecule has 0 bridgehead atoms. The molecular weight excluding hydrogens is 239 g/mol. The molecule has 0 spiro atoms. The molecule has 1 unspecified atom stereocenters. The minimum atomic E-state index is -2.33. The summed E-state index contributed by atoms with van der Waals surface area (Å²) in [6.45, 7) is 1.95. The molecule has 0 aromatic heterocycles. The van der Waals surface area contributed by atoms with E-state index >= 15 is 0 Å². The summed E-state index contributed by atoms with van der Waals surface area (Å²) in [5, 5.41) is 1.68. The zero-order valence-electron chi connectivity index (χ0n) is 9.19. The van der Waals surface area contributed by atoms with E-state index in [1.54, 1.807) is 0 Å². The van der Waals surface area contributed by atoms with Crippen molar-refractivity contribution in [3.05, 3.63) is 53.1 Å². The minimum Gasteiger partial charge on any atom is -0.318 e. The van der Waals surface area contributed by atoms with Crippen molar-refractivity contribution in [2.24, 2.45) is 0 Å². The molecular formula is C13H14ClOP. The Labute approximate surface area is 101 Å². The van der Waals surface area contributed by atoms with E-state index in [1.807, 2.05) is 49.4 Å². The van der Waals surface area contributed by atoms with Crippen LogP contribution >= 0.6 is 18.7 Å². The summed E-state index contributed by atoms with van der Waals surface area (Å²) in [6, 6.07) is 9.70. The van der Waals surface area contributed by atoms with Crippen molar-refractivity contribution < 1.29 is 4.57 Å². The first-order chi connectivity index (χ1) is 7.62. The van der Waals surface area contributed by atoms with Crippen molar-refractivity contribution in [3.63, 3.8) is 0 Å². The summed E-state index contributed by atoms with van der Waals surface area (Å²) >= 11 is 6.06. The predicted molar refractivity (Wildman–Crippen MR) is 71.1 cm³/mol. The van der Waals surface area contributed by atoms with E-state index < -0.39 is 7.14 Å². The van der Waals surface area contributed by atoms with Crippen LogP contribution in [-0.4, -0.2) is 12.3 Å². The van der Waals surface area contributed by atoms with Crippen molar-refractivity contribution in [2.45, 2.75) is 6.92 Å². The second kappa shape index (κ2) is 4.61. The van der Waals surface area contributed by atoms with Gasteiger partial charge in [0.15, 0.2) is 0 Å². The molecule has 16 heavy (non-hydrogen) atoms. The quantitative estimate of drug-likeness (QED) is 0.696. The van der Waals surface area contributed by atoms with Gasteiger partial charge in [-0.1, -0.05) is 48.0 Å². The van der Waals surface area contributed by atoms with Gasteiger partial charge in [-0.15, -0.1) is 0 Å². The maximum absolute atomic E-state index is 12.9. The van der Waals surface area contributed by atoms with Crippen LogP contribution in [0.3, 0.4) is 0 Å². The molecule has 1 aromatic carbocycles. The fraction of sp³-hybridized carbons (Fsp3) is 0.231. The van der Waals surface area contributed by atoms with Crippen molar-refractivity contribution in [1.82, 2.24) is 0 Å². The molecule has 3 heteroatoms. The third-order valence-corrected chi connectivity index (χ3v) is 6.27. The van der Waals surface area contributed by atoms with Crippen LogP contribution in [0.4, 0.5) is 0 Å². The summed E-state index contributed by atoms with van der Waals surface area (Å²) in [4.78, 5) is 0. The van der Waals surface area contributed by atoms with Gasteiger partial charge in [0, 0.05) is 22.7 Å². The Morgan fingerprint density at radius 1 is 1.25 bits per heavy atom. The van der Waals surface area contributed by atoms with E-state index in [9.17, 15) is 4.57 Å². The molecule has 1 aliphatic rings. The first-order valence-electron chi connectivity index (χ1n) is 5.27. The standard InChI is InChI=1S/C13H14ClOP/c1-11-10-16(15,9-5-8-13(11)14)12-6-3-2-4-7-12/h2-8H,9-10H2,1H3. The number of hydrogen-bond donors (Lipinski definition) is 0. The van der Waals surface area contributed by atoms with Gasteiger partial charge in [0.1, 0.15) is 7.14 Å². The fourth-order valence-corrected chi connectivity index (χ4v) is 4.76. The Hall–Kier alpha value is -0.780. The predicted octanol–water partition coefficient (Wildman–Crippen LogP) is 3.76. The Kier molecular flexibility index (Phi) is 3.37. The molecule has 0 saturated heterocycles. The smallest absolute Gasteiger partial charge is 0.123 e. The molecule has 0 saturated carbocycles. The van der Waals surface area contributed by atoms with Crippen LogP contribution in [0.15, 0.2) is 53.1 Å². The molecule has 1 atom stereocenters. The van der Waals surface area contributed by atoms with Crippen molar-refractivity contribution in [3.8, 4) is 0 Å². The lowest BCUT2D eigenvalue weighted by Crippen LogP contribution is -2.09. The Morgan fingerprint density at radius 3 is 2.62 bits per heavy atom. The van der Waals surface area contributed by atoms with E-state index in [1.165, 1.54) is 0 Å². The number of hydrogen-bond acceptors (Lipinski definition) is 1. The van der Waals surface area contributed by atoms with Gasteiger partial charge in [0.25, 0.3) is 0 Å². The number of halogens is 1. The van der Waals surface area contributed by atoms with E-state index in [2.05, 4.69) is 0 Å². The molecule has 0 amide bonds. The molecule has 1 heterocycles. The van der Waals surface area contributed by atoms with Crippen LogP contribution < -0.4 is 5.30 Å². The summed E-state index contributed by atoms with van der Waals surface area (Å²) in [5.74, 6) is 0. The van der Waals surface area contributed by atoms with Crippen molar-refractivity contribution in [1.29, 1.82) is 0 Å². The number of rotatable bonds is 1. The summed E-state index contributed by atoms with van der Waals surface area (Å²) in [5.41, 5.74) is 1.02. The van der Waals surface area contributed by atoms with Crippen LogP contribution in [0, 0.1) is 0 Å². The fourth-order valence-electron chi connectivity index (χ4n) is 1.89. The lowest BCUT2D eigenvalue weighted by molar-refractivity contribution is 0.584. The van der Waals surface area contributed by atoms with Gasteiger partial charge in [-0.05, 0) is 18.6 Å². The zero-order chi connectivity index (χ0) is 11.6. The highest BCUT2D eigenvalue weighted by atomic mass is 35.5. The summed E-state index contributed by atoms with van der Waals surface area (Å²) in [6.07, 6.45) is 4.97. The normalized spacial score (nSPS) is 25.6.